The summed E-state index contributed by atoms with van der Waals surface area (Å²) in [6, 6.07) is 1.71. The lowest BCUT2D eigenvalue weighted by molar-refractivity contribution is 0.252. The second kappa shape index (κ2) is 9.34. The van der Waals surface area contributed by atoms with Gasteiger partial charge in [-0.3, -0.25) is 0 Å². The first-order valence-electron chi connectivity index (χ1n) is 10.0. The van der Waals surface area contributed by atoms with E-state index in [9.17, 15) is 21.6 Å². The number of guanidine groups is 1. The lowest BCUT2D eigenvalue weighted by atomic mass is 9.91. The molecule has 4 rings (SSSR count). The fraction of sp³-hybridized carbons (Fsp3) is 0.182. The number of hydrogen-bond acceptors (Lipinski definition) is 9. The van der Waals surface area contributed by atoms with Crippen molar-refractivity contribution in [2.75, 3.05) is 12.8 Å². The SMILES string of the molecule is C#C[C@@]1(c2cc(/C=C(\F)c3cnc(OCc4ncco4)cn3)cc(F)c2F)CS(=O)(=O)N(C)C(N)=N1. The predicted octanol–water partition coefficient (Wildman–Crippen LogP) is 2.21. The number of nitrogens with two attached hydrogens (primary N) is 1. The average molecular weight is 518 g/mol. The van der Waals surface area contributed by atoms with Gasteiger partial charge >= 0.3 is 0 Å². The molecule has 36 heavy (non-hydrogen) atoms. The van der Waals surface area contributed by atoms with Crippen molar-refractivity contribution < 1.29 is 30.7 Å². The van der Waals surface area contributed by atoms with E-state index >= 15 is 0 Å². The maximum absolute atomic E-state index is 14.9. The van der Waals surface area contributed by atoms with Crippen LogP contribution in [0.15, 0.2) is 46.4 Å². The molecule has 0 aliphatic carbocycles. The van der Waals surface area contributed by atoms with Crippen molar-refractivity contribution in [1.29, 1.82) is 0 Å². The molecule has 1 aromatic carbocycles. The Balaban J connectivity index is 1.65. The molecular weight excluding hydrogens is 501 g/mol. The number of hydrogen-bond donors (Lipinski definition) is 1. The van der Waals surface area contributed by atoms with Gasteiger partial charge in [-0.1, -0.05) is 5.92 Å². The standard InChI is InChI=1S/C22H17F3N6O4S/c1-3-22(12-36(32,33)31(2)21(26)30-22)14-6-13(8-16(24)20(14)25)7-15(23)17-9-29-18(10-28-17)35-11-19-27-4-5-34-19/h1,4-10H,11-12H2,2H3,(H2,26,30)/b15-7-/t22-/m0/s1. The van der Waals surface area contributed by atoms with Gasteiger partial charge in [-0.2, -0.15) is 0 Å². The van der Waals surface area contributed by atoms with E-state index in [0.29, 0.717) is 16.3 Å². The quantitative estimate of drug-likeness (QED) is 0.491. The first-order chi connectivity index (χ1) is 17.0. The number of sulfonamides is 1. The zero-order chi connectivity index (χ0) is 26.1. The number of oxazole rings is 1. The Morgan fingerprint density at radius 1 is 1.33 bits per heavy atom. The summed E-state index contributed by atoms with van der Waals surface area (Å²) in [5, 5.41) is 0. The van der Waals surface area contributed by atoms with Crippen LogP contribution in [0.5, 0.6) is 5.88 Å². The molecular formula is C22H17F3N6O4S. The van der Waals surface area contributed by atoms with E-state index in [1.54, 1.807) is 0 Å². The molecule has 3 aromatic rings. The number of rotatable bonds is 6. The maximum atomic E-state index is 14.9. The largest absolute Gasteiger partial charge is 0.467 e. The molecule has 1 aliphatic heterocycles. The second-order valence-corrected chi connectivity index (χ2v) is 9.51. The van der Waals surface area contributed by atoms with Crippen LogP contribution in [-0.4, -0.2) is 46.4 Å². The number of nitrogens with zero attached hydrogens (tertiary/aromatic N) is 5. The molecule has 0 spiro atoms. The van der Waals surface area contributed by atoms with Gasteiger partial charge < -0.3 is 14.9 Å². The molecule has 1 atom stereocenters. The Kier molecular flexibility index (Phi) is 6.42. The highest BCUT2D eigenvalue weighted by atomic mass is 32.2. The van der Waals surface area contributed by atoms with Crippen molar-refractivity contribution in [2.24, 2.45) is 10.7 Å². The van der Waals surface area contributed by atoms with Crippen LogP contribution in [-0.2, 0) is 22.2 Å². The van der Waals surface area contributed by atoms with Crippen molar-refractivity contribution >= 4 is 27.9 Å². The Morgan fingerprint density at radius 3 is 2.72 bits per heavy atom. The summed E-state index contributed by atoms with van der Waals surface area (Å²) in [6.45, 7) is -0.0214. The van der Waals surface area contributed by atoms with Gasteiger partial charge in [0, 0.05) is 12.6 Å². The summed E-state index contributed by atoms with van der Waals surface area (Å²) in [6.07, 6.45) is 11.4. The highest BCUT2D eigenvalue weighted by molar-refractivity contribution is 7.89. The first kappa shape index (κ1) is 24.7. The third-order valence-electron chi connectivity index (χ3n) is 5.16. The van der Waals surface area contributed by atoms with Gasteiger partial charge in [0.2, 0.25) is 27.8 Å². The summed E-state index contributed by atoms with van der Waals surface area (Å²) in [5.74, 6) is -2.69. The van der Waals surface area contributed by atoms with Gasteiger partial charge in [-0.25, -0.2) is 45.8 Å². The van der Waals surface area contributed by atoms with Crippen LogP contribution in [0, 0.1) is 24.0 Å². The van der Waals surface area contributed by atoms with Crippen molar-refractivity contribution in [1.82, 2.24) is 19.3 Å². The minimum atomic E-state index is -4.09. The molecule has 0 saturated heterocycles. The van der Waals surface area contributed by atoms with Crippen LogP contribution in [0.2, 0.25) is 0 Å². The average Bonchev–Trinajstić information content (AvgIpc) is 3.37. The van der Waals surface area contributed by atoms with Gasteiger partial charge in [-0.05, 0) is 23.8 Å². The monoisotopic (exact) mass is 518 g/mol. The van der Waals surface area contributed by atoms with Crippen molar-refractivity contribution in [3.63, 3.8) is 0 Å². The fourth-order valence-electron chi connectivity index (χ4n) is 3.28. The number of terminal acetylenes is 1. The molecule has 2 N–H and O–H groups in total. The van der Waals surface area contributed by atoms with E-state index in [0.717, 1.165) is 31.6 Å². The molecule has 0 amide bonds. The number of ether oxygens (including phenoxy) is 1. The molecule has 2 aromatic heterocycles. The van der Waals surface area contributed by atoms with Crippen LogP contribution >= 0.6 is 0 Å². The summed E-state index contributed by atoms with van der Waals surface area (Å²) >= 11 is 0. The molecule has 14 heteroatoms. The van der Waals surface area contributed by atoms with Crippen molar-refractivity contribution in [2.45, 2.75) is 12.1 Å². The third-order valence-corrected chi connectivity index (χ3v) is 6.97. The Morgan fingerprint density at radius 2 is 2.11 bits per heavy atom. The molecule has 0 radical (unpaired) electrons. The molecule has 10 nitrogen and oxygen atoms in total. The van der Waals surface area contributed by atoms with E-state index in [2.05, 4.69) is 25.9 Å². The van der Waals surface area contributed by atoms with Gasteiger partial charge in [0.15, 0.2) is 29.6 Å². The van der Waals surface area contributed by atoms with E-state index in [1.807, 2.05) is 0 Å². The van der Waals surface area contributed by atoms with E-state index in [1.165, 1.54) is 12.5 Å². The van der Waals surface area contributed by atoms with Crippen LogP contribution in [0.4, 0.5) is 13.2 Å². The molecule has 0 bridgehead atoms. The number of benzene rings is 1. The van der Waals surface area contributed by atoms with Gasteiger partial charge in [0.25, 0.3) is 0 Å². The minimum Gasteiger partial charge on any atom is -0.467 e. The summed E-state index contributed by atoms with van der Waals surface area (Å²) in [5.41, 5.74) is 2.50. The zero-order valence-corrected chi connectivity index (χ0v) is 19.3. The van der Waals surface area contributed by atoms with Gasteiger partial charge in [-0.15, -0.1) is 6.42 Å². The topological polar surface area (TPSA) is 137 Å². The van der Waals surface area contributed by atoms with E-state index in [-0.39, 0.29) is 23.7 Å². The first-order valence-corrected chi connectivity index (χ1v) is 11.7. The van der Waals surface area contributed by atoms with E-state index < -0.39 is 50.3 Å². The van der Waals surface area contributed by atoms with Crippen LogP contribution in [0.3, 0.4) is 0 Å². The maximum Gasteiger partial charge on any atom is 0.240 e. The predicted molar refractivity (Wildman–Crippen MR) is 122 cm³/mol. The van der Waals surface area contributed by atoms with Crippen molar-refractivity contribution in [3.05, 3.63) is 71.3 Å². The Labute approximate surface area is 203 Å². The number of halogens is 3. The smallest absolute Gasteiger partial charge is 0.240 e. The lowest BCUT2D eigenvalue weighted by Gasteiger charge is -2.33. The molecule has 186 valence electrons. The summed E-state index contributed by atoms with van der Waals surface area (Å²) in [7, 11) is -2.95. The van der Waals surface area contributed by atoms with Crippen LogP contribution in [0.25, 0.3) is 11.9 Å². The Bertz CT molecular complexity index is 1500. The molecule has 0 fully saturated rings. The van der Waals surface area contributed by atoms with Crippen LogP contribution in [0.1, 0.15) is 22.7 Å². The van der Waals surface area contributed by atoms with E-state index in [4.69, 9.17) is 21.3 Å². The number of aliphatic imine (C=N–C) groups is 1. The van der Waals surface area contributed by atoms with Gasteiger partial charge in [0.1, 0.15) is 17.7 Å². The zero-order valence-electron chi connectivity index (χ0n) is 18.5. The molecule has 0 saturated carbocycles. The normalized spacial score (nSPS) is 19.5. The Hall–Kier alpha value is -4.38. The second-order valence-electron chi connectivity index (χ2n) is 7.51. The fourth-order valence-corrected chi connectivity index (χ4v) is 4.63. The number of aromatic nitrogens is 3. The van der Waals surface area contributed by atoms with Crippen molar-refractivity contribution in [3.8, 4) is 18.2 Å². The molecule has 1 aliphatic rings. The molecule has 3 heterocycles. The lowest BCUT2D eigenvalue weighted by Crippen LogP contribution is -2.51. The molecule has 0 unspecified atom stereocenters. The summed E-state index contributed by atoms with van der Waals surface area (Å²) in [4.78, 5) is 15.6. The van der Waals surface area contributed by atoms with Crippen LogP contribution < -0.4 is 10.5 Å². The summed E-state index contributed by atoms with van der Waals surface area (Å²) < 4.78 is 80.1. The third kappa shape index (κ3) is 4.73. The van der Waals surface area contributed by atoms with Gasteiger partial charge in [0.05, 0.1) is 18.6 Å². The highest BCUT2D eigenvalue weighted by Crippen LogP contribution is 2.35. The minimum absolute atomic E-state index is 0.0214. The highest BCUT2D eigenvalue weighted by Gasteiger charge is 2.44.